The van der Waals surface area contributed by atoms with Gasteiger partial charge in [0.05, 0.1) is 12.6 Å². The number of ether oxygens (including phenoxy) is 2. The third-order valence-electron chi connectivity index (χ3n) is 7.52. The molecule has 0 spiro atoms. The molecule has 4 atom stereocenters. The summed E-state index contributed by atoms with van der Waals surface area (Å²) in [6.07, 6.45) is 0.901. The predicted octanol–water partition coefficient (Wildman–Crippen LogP) is 5.81. The molecule has 1 saturated heterocycles. The number of benzene rings is 4. The fourth-order valence-corrected chi connectivity index (χ4v) is 5.44. The van der Waals surface area contributed by atoms with Crippen LogP contribution in [0.2, 0.25) is 0 Å². The van der Waals surface area contributed by atoms with E-state index >= 15 is 0 Å². The lowest BCUT2D eigenvalue weighted by atomic mass is 9.80. The maximum absolute atomic E-state index is 12.8. The van der Waals surface area contributed by atoms with Crippen LogP contribution >= 0.6 is 0 Å². The Balaban J connectivity index is 1.45. The molecule has 1 aliphatic heterocycles. The van der Waals surface area contributed by atoms with Crippen molar-refractivity contribution in [2.24, 2.45) is 0 Å². The van der Waals surface area contributed by atoms with Gasteiger partial charge in [-0.1, -0.05) is 140 Å². The molecule has 1 fully saturated rings. The van der Waals surface area contributed by atoms with Crippen LogP contribution in [-0.2, 0) is 15.1 Å². The van der Waals surface area contributed by atoms with Gasteiger partial charge in [-0.15, -0.1) is 6.58 Å². The zero-order valence-corrected chi connectivity index (χ0v) is 23.3. The lowest BCUT2D eigenvalue weighted by Gasteiger charge is -2.37. The van der Waals surface area contributed by atoms with Crippen LogP contribution in [0.1, 0.15) is 22.3 Å². The summed E-state index contributed by atoms with van der Waals surface area (Å²) in [6.45, 7) is 3.76. The number of aliphatic hydroxyl groups is 2. The molecule has 4 aromatic rings. The second kappa shape index (κ2) is 13.4. The quantitative estimate of drug-likeness (QED) is 0.169. The van der Waals surface area contributed by atoms with E-state index in [0.717, 1.165) is 22.3 Å². The molecular weight excluding hydrogens is 526 g/mol. The van der Waals surface area contributed by atoms with Crippen molar-refractivity contribution in [2.45, 2.75) is 30.0 Å². The highest BCUT2D eigenvalue weighted by molar-refractivity contribution is 5.72. The summed E-state index contributed by atoms with van der Waals surface area (Å²) in [5, 5.41) is 22.8. The molecule has 5 rings (SSSR count). The lowest BCUT2D eigenvalue weighted by Crippen LogP contribution is -2.48. The summed E-state index contributed by atoms with van der Waals surface area (Å²) < 4.78 is 12.3. The van der Waals surface area contributed by atoms with E-state index in [1.165, 1.54) is 4.90 Å². The summed E-state index contributed by atoms with van der Waals surface area (Å²) in [4.78, 5) is 14.3. The molecule has 4 aromatic carbocycles. The van der Waals surface area contributed by atoms with Crippen LogP contribution in [0.3, 0.4) is 0 Å². The Morgan fingerprint density at radius 1 is 0.810 bits per heavy atom. The Morgan fingerprint density at radius 3 is 1.76 bits per heavy atom. The average molecular weight is 562 g/mol. The van der Waals surface area contributed by atoms with Crippen molar-refractivity contribution in [1.29, 1.82) is 0 Å². The first-order valence-electron chi connectivity index (χ1n) is 14.0. The number of hydrogen-bond acceptors (Lipinski definition) is 5. The van der Waals surface area contributed by atoms with E-state index in [2.05, 4.69) is 6.58 Å². The zero-order valence-electron chi connectivity index (χ0n) is 23.3. The van der Waals surface area contributed by atoms with E-state index in [9.17, 15) is 15.0 Å². The topological polar surface area (TPSA) is 79.2 Å². The van der Waals surface area contributed by atoms with E-state index in [4.69, 9.17) is 9.47 Å². The second-order valence-corrected chi connectivity index (χ2v) is 10.2. The highest BCUT2D eigenvalue weighted by Gasteiger charge is 2.46. The largest absolute Gasteiger partial charge is 0.441 e. The van der Waals surface area contributed by atoms with Crippen LogP contribution < -0.4 is 0 Å². The SMILES string of the molecule is C=CCN1C(=O)O[C@@H]([C@H](O)[C@@H](O)COC(c2ccccc2)(c2ccccc2)c2ccccc2)[C@H]1/C=C/c1ccccc1. The monoisotopic (exact) mass is 561 g/mol. The van der Waals surface area contributed by atoms with Crippen LogP contribution in [0, 0.1) is 0 Å². The standard InChI is InChI=1S/C36H35NO5/c1-2-25-37-31(24-23-27-15-7-3-8-16-27)34(42-35(37)40)33(39)32(38)26-41-36(28-17-9-4-10-18-28,29-19-11-5-12-20-29)30-21-13-6-14-22-30/h2-24,31-34,38-39H,1,25-26H2/b24-23+/t31-,32+,33-,34-/m1/s1. The minimum atomic E-state index is -1.42. The Hall–Kier alpha value is -4.49. The number of rotatable bonds is 12. The van der Waals surface area contributed by atoms with Crippen LogP contribution in [-0.4, -0.2) is 58.7 Å². The normalized spacial score (nSPS) is 18.5. The van der Waals surface area contributed by atoms with Gasteiger partial charge in [0.1, 0.15) is 17.8 Å². The van der Waals surface area contributed by atoms with Crippen molar-refractivity contribution in [2.75, 3.05) is 13.2 Å². The van der Waals surface area contributed by atoms with Crippen molar-refractivity contribution in [1.82, 2.24) is 4.90 Å². The molecule has 6 nitrogen and oxygen atoms in total. The smallest absolute Gasteiger partial charge is 0.411 e. The zero-order chi connectivity index (χ0) is 29.4. The molecule has 1 aliphatic rings. The lowest BCUT2D eigenvalue weighted by molar-refractivity contribution is -0.107. The highest BCUT2D eigenvalue weighted by Crippen LogP contribution is 2.40. The van der Waals surface area contributed by atoms with E-state index in [0.29, 0.717) is 0 Å². The van der Waals surface area contributed by atoms with Gasteiger partial charge >= 0.3 is 6.09 Å². The molecular formula is C36H35NO5. The molecule has 2 N–H and O–H groups in total. The second-order valence-electron chi connectivity index (χ2n) is 10.2. The fourth-order valence-electron chi connectivity index (χ4n) is 5.44. The van der Waals surface area contributed by atoms with Gasteiger partial charge in [0, 0.05) is 6.54 Å². The molecule has 0 aliphatic carbocycles. The van der Waals surface area contributed by atoms with E-state index in [1.54, 1.807) is 6.08 Å². The summed E-state index contributed by atoms with van der Waals surface area (Å²) in [7, 11) is 0. The summed E-state index contributed by atoms with van der Waals surface area (Å²) in [6, 6.07) is 38.4. The first-order valence-corrected chi connectivity index (χ1v) is 14.0. The van der Waals surface area contributed by atoms with E-state index in [1.807, 2.05) is 133 Å². The van der Waals surface area contributed by atoms with Crippen LogP contribution in [0.4, 0.5) is 4.79 Å². The van der Waals surface area contributed by atoms with E-state index < -0.39 is 36.0 Å². The van der Waals surface area contributed by atoms with Gasteiger partial charge < -0.3 is 19.7 Å². The molecule has 0 aromatic heterocycles. The number of amides is 1. The Labute approximate surface area is 246 Å². The van der Waals surface area contributed by atoms with Gasteiger partial charge in [0.25, 0.3) is 0 Å². The van der Waals surface area contributed by atoms with Crippen LogP contribution in [0.25, 0.3) is 6.08 Å². The van der Waals surface area contributed by atoms with Crippen LogP contribution in [0.5, 0.6) is 0 Å². The molecule has 0 saturated carbocycles. The molecule has 42 heavy (non-hydrogen) atoms. The Kier molecular flexibility index (Phi) is 9.29. The molecule has 0 radical (unpaired) electrons. The molecule has 1 heterocycles. The van der Waals surface area contributed by atoms with Crippen LogP contribution in [0.15, 0.2) is 140 Å². The van der Waals surface area contributed by atoms with Crippen molar-refractivity contribution < 1.29 is 24.5 Å². The maximum Gasteiger partial charge on any atom is 0.411 e. The minimum Gasteiger partial charge on any atom is -0.441 e. The van der Waals surface area contributed by atoms with Gasteiger partial charge in [0.15, 0.2) is 6.10 Å². The van der Waals surface area contributed by atoms with Gasteiger partial charge in [-0.25, -0.2) is 4.79 Å². The number of nitrogens with zero attached hydrogens (tertiary/aromatic N) is 1. The molecule has 0 bridgehead atoms. The Bertz CT molecular complexity index is 1360. The molecule has 0 unspecified atom stereocenters. The average Bonchev–Trinajstić information content (AvgIpc) is 3.36. The number of cyclic esters (lactones) is 1. The van der Waals surface area contributed by atoms with Gasteiger partial charge in [0.2, 0.25) is 0 Å². The first-order chi connectivity index (χ1) is 20.5. The number of aliphatic hydroxyl groups excluding tert-OH is 2. The Morgan fingerprint density at radius 2 is 1.29 bits per heavy atom. The van der Waals surface area contributed by atoms with Gasteiger partial charge in [-0.2, -0.15) is 0 Å². The third kappa shape index (κ3) is 6.06. The van der Waals surface area contributed by atoms with E-state index in [-0.39, 0.29) is 13.2 Å². The van der Waals surface area contributed by atoms with Crippen molar-refractivity contribution >= 4 is 12.2 Å². The molecule has 214 valence electrons. The fraction of sp³-hybridized carbons (Fsp3) is 0.194. The van der Waals surface area contributed by atoms with Crippen molar-refractivity contribution in [3.63, 3.8) is 0 Å². The van der Waals surface area contributed by atoms with Gasteiger partial charge in [-0.3, -0.25) is 4.90 Å². The molecule has 1 amide bonds. The number of carbonyl (C=O) groups excluding carboxylic acids is 1. The highest BCUT2D eigenvalue weighted by atomic mass is 16.6. The summed E-state index contributed by atoms with van der Waals surface area (Å²) in [5.41, 5.74) is 2.48. The maximum atomic E-state index is 12.8. The van der Waals surface area contributed by atoms with Crippen molar-refractivity contribution in [3.8, 4) is 0 Å². The number of carbonyl (C=O) groups is 1. The van der Waals surface area contributed by atoms with Gasteiger partial charge in [-0.05, 0) is 22.3 Å². The molecule has 6 heteroatoms. The summed E-state index contributed by atoms with van der Waals surface area (Å²) >= 11 is 0. The predicted molar refractivity (Wildman–Crippen MR) is 164 cm³/mol. The number of hydrogen-bond donors (Lipinski definition) is 2. The van der Waals surface area contributed by atoms with Crippen molar-refractivity contribution in [3.05, 3.63) is 162 Å². The third-order valence-corrected chi connectivity index (χ3v) is 7.52. The minimum absolute atomic E-state index is 0.232. The summed E-state index contributed by atoms with van der Waals surface area (Å²) in [5.74, 6) is 0. The first kappa shape index (κ1) is 29.0.